The van der Waals surface area contributed by atoms with Crippen LogP contribution in [0.25, 0.3) is 0 Å². The van der Waals surface area contributed by atoms with E-state index in [2.05, 4.69) is 37.9 Å². The summed E-state index contributed by atoms with van der Waals surface area (Å²) in [5, 5.41) is 0. The van der Waals surface area contributed by atoms with E-state index in [1.807, 2.05) is 36.2 Å². The number of nitrogens with zero attached hydrogens (tertiary/aromatic N) is 2. The zero-order valence-corrected chi connectivity index (χ0v) is 15.5. The SMILES string of the molecule is CCCCCCCOc1cc(C)c(C=Nc2cccn2C)c(C)c1. The van der Waals surface area contributed by atoms with Crippen molar-refractivity contribution in [2.45, 2.75) is 52.9 Å². The molecule has 0 bridgehead atoms. The lowest BCUT2D eigenvalue weighted by molar-refractivity contribution is 0.304. The maximum Gasteiger partial charge on any atom is 0.132 e. The molecule has 1 aromatic carbocycles. The van der Waals surface area contributed by atoms with Gasteiger partial charge in [-0.1, -0.05) is 32.6 Å². The van der Waals surface area contributed by atoms with Crippen molar-refractivity contribution in [2.24, 2.45) is 12.0 Å². The van der Waals surface area contributed by atoms with Gasteiger partial charge in [0.25, 0.3) is 0 Å². The van der Waals surface area contributed by atoms with Gasteiger partial charge in [-0.2, -0.15) is 0 Å². The standard InChI is InChI=1S/C21H30N2O/c1-5-6-7-8-9-13-24-19-14-17(2)20(18(3)15-19)16-22-21-11-10-12-23(21)4/h10-12,14-16H,5-9,13H2,1-4H3. The molecule has 130 valence electrons. The van der Waals surface area contributed by atoms with E-state index < -0.39 is 0 Å². The van der Waals surface area contributed by atoms with Gasteiger partial charge in [0.2, 0.25) is 0 Å². The lowest BCUT2D eigenvalue weighted by Crippen LogP contribution is -2.00. The van der Waals surface area contributed by atoms with Gasteiger partial charge in [0.05, 0.1) is 6.61 Å². The van der Waals surface area contributed by atoms with E-state index >= 15 is 0 Å². The Kier molecular flexibility index (Phi) is 7.10. The first-order valence-electron chi connectivity index (χ1n) is 9.01. The number of ether oxygens (including phenoxy) is 1. The van der Waals surface area contributed by atoms with Crippen LogP contribution >= 0.6 is 0 Å². The van der Waals surface area contributed by atoms with E-state index in [4.69, 9.17) is 4.74 Å². The smallest absolute Gasteiger partial charge is 0.132 e. The fourth-order valence-corrected chi connectivity index (χ4v) is 2.83. The van der Waals surface area contributed by atoms with Gasteiger partial charge < -0.3 is 9.30 Å². The second-order valence-electron chi connectivity index (χ2n) is 6.47. The summed E-state index contributed by atoms with van der Waals surface area (Å²) in [5.41, 5.74) is 3.58. The molecule has 2 aromatic rings. The Morgan fingerprint density at radius 3 is 2.42 bits per heavy atom. The Hall–Kier alpha value is -2.03. The zero-order valence-electron chi connectivity index (χ0n) is 15.5. The molecule has 0 atom stereocenters. The highest BCUT2D eigenvalue weighted by Crippen LogP contribution is 2.22. The topological polar surface area (TPSA) is 26.5 Å². The van der Waals surface area contributed by atoms with Gasteiger partial charge in [-0.3, -0.25) is 0 Å². The van der Waals surface area contributed by atoms with E-state index in [1.165, 1.54) is 42.4 Å². The number of rotatable bonds is 9. The third-order valence-electron chi connectivity index (χ3n) is 4.33. The highest BCUT2D eigenvalue weighted by atomic mass is 16.5. The molecule has 3 heteroatoms. The van der Waals surface area contributed by atoms with Gasteiger partial charge >= 0.3 is 0 Å². The van der Waals surface area contributed by atoms with E-state index in [-0.39, 0.29) is 0 Å². The predicted molar refractivity (Wildman–Crippen MR) is 103 cm³/mol. The maximum atomic E-state index is 5.92. The number of aryl methyl sites for hydroxylation is 3. The molecule has 24 heavy (non-hydrogen) atoms. The van der Waals surface area contributed by atoms with Crippen LogP contribution in [0.5, 0.6) is 5.75 Å². The maximum absolute atomic E-state index is 5.92. The third-order valence-corrected chi connectivity index (χ3v) is 4.33. The molecule has 1 aromatic heterocycles. The molecule has 0 fully saturated rings. The van der Waals surface area contributed by atoms with Gasteiger partial charge in [-0.25, -0.2) is 4.99 Å². The first-order chi connectivity index (χ1) is 11.6. The molecule has 0 aliphatic carbocycles. The fourth-order valence-electron chi connectivity index (χ4n) is 2.83. The van der Waals surface area contributed by atoms with E-state index in [0.29, 0.717) is 0 Å². The first kappa shape index (κ1) is 18.3. The molecule has 0 aliphatic rings. The Balaban J connectivity index is 1.95. The Morgan fingerprint density at radius 1 is 1.08 bits per heavy atom. The van der Waals surface area contributed by atoms with Crippen LogP contribution in [0, 0.1) is 13.8 Å². The summed E-state index contributed by atoms with van der Waals surface area (Å²) >= 11 is 0. The normalized spacial score (nSPS) is 11.3. The number of hydrogen-bond acceptors (Lipinski definition) is 2. The molecule has 0 aliphatic heterocycles. The van der Waals surface area contributed by atoms with Crippen molar-refractivity contribution < 1.29 is 4.74 Å². The predicted octanol–water partition coefficient (Wildman–Crippen LogP) is 5.74. The van der Waals surface area contributed by atoms with Crippen LogP contribution in [-0.4, -0.2) is 17.4 Å². The summed E-state index contributed by atoms with van der Waals surface area (Å²) in [7, 11) is 2.00. The fraction of sp³-hybridized carbons (Fsp3) is 0.476. The van der Waals surface area contributed by atoms with Crippen molar-refractivity contribution in [3.05, 3.63) is 47.2 Å². The molecule has 0 unspecified atom stereocenters. The van der Waals surface area contributed by atoms with Crippen LogP contribution in [0.1, 0.15) is 55.7 Å². The summed E-state index contributed by atoms with van der Waals surface area (Å²) < 4.78 is 7.93. The van der Waals surface area contributed by atoms with Gasteiger partial charge in [0.1, 0.15) is 11.6 Å². The monoisotopic (exact) mass is 326 g/mol. The molecular formula is C21H30N2O. The Morgan fingerprint density at radius 2 is 1.79 bits per heavy atom. The van der Waals surface area contributed by atoms with Gasteiger partial charge in [0.15, 0.2) is 0 Å². The summed E-state index contributed by atoms with van der Waals surface area (Å²) in [6.07, 6.45) is 10.3. The summed E-state index contributed by atoms with van der Waals surface area (Å²) in [5.74, 6) is 1.93. The second kappa shape index (κ2) is 9.31. The number of hydrogen-bond donors (Lipinski definition) is 0. The van der Waals surface area contributed by atoms with Crippen LogP contribution in [-0.2, 0) is 7.05 Å². The highest BCUT2D eigenvalue weighted by molar-refractivity contribution is 5.85. The molecule has 1 heterocycles. The van der Waals surface area contributed by atoms with Crippen LogP contribution < -0.4 is 4.74 Å². The third kappa shape index (κ3) is 5.26. The van der Waals surface area contributed by atoms with Crippen LogP contribution in [0.3, 0.4) is 0 Å². The summed E-state index contributed by atoms with van der Waals surface area (Å²) in [4.78, 5) is 4.59. The molecule has 0 spiro atoms. The second-order valence-corrected chi connectivity index (χ2v) is 6.47. The molecule has 0 N–H and O–H groups in total. The van der Waals surface area contributed by atoms with Crippen molar-refractivity contribution in [2.75, 3.05) is 6.61 Å². The quantitative estimate of drug-likeness (QED) is 0.426. The zero-order chi connectivity index (χ0) is 17.4. The Bertz CT molecular complexity index is 647. The van der Waals surface area contributed by atoms with Crippen LogP contribution in [0.4, 0.5) is 5.82 Å². The molecule has 0 saturated heterocycles. The van der Waals surface area contributed by atoms with Crippen molar-refractivity contribution in [1.29, 1.82) is 0 Å². The van der Waals surface area contributed by atoms with Crippen LogP contribution in [0.2, 0.25) is 0 Å². The van der Waals surface area contributed by atoms with Crippen LogP contribution in [0.15, 0.2) is 35.5 Å². The lowest BCUT2D eigenvalue weighted by Gasteiger charge is -2.11. The minimum absolute atomic E-state index is 0.805. The number of benzene rings is 1. The summed E-state index contributed by atoms with van der Waals surface area (Å²) in [6.45, 7) is 7.28. The average Bonchev–Trinajstić information content (AvgIpc) is 2.95. The van der Waals surface area contributed by atoms with E-state index in [1.54, 1.807) is 0 Å². The molecular weight excluding hydrogens is 296 g/mol. The van der Waals surface area contributed by atoms with Crippen molar-refractivity contribution >= 4 is 12.0 Å². The van der Waals surface area contributed by atoms with Crippen molar-refractivity contribution in [3.8, 4) is 5.75 Å². The molecule has 0 amide bonds. The van der Waals surface area contributed by atoms with Gasteiger partial charge in [-0.05, 0) is 61.2 Å². The van der Waals surface area contributed by atoms with E-state index in [9.17, 15) is 0 Å². The molecule has 3 nitrogen and oxygen atoms in total. The largest absolute Gasteiger partial charge is 0.494 e. The molecule has 0 radical (unpaired) electrons. The lowest BCUT2D eigenvalue weighted by atomic mass is 10.0. The highest BCUT2D eigenvalue weighted by Gasteiger charge is 2.05. The molecule has 0 saturated carbocycles. The average molecular weight is 326 g/mol. The van der Waals surface area contributed by atoms with Gasteiger partial charge in [-0.15, -0.1) is 0 Å². The number of unbranched alkanes of at least 4 members (excludes halogenated alkanes) is 4. The number of aromatic nitrogens is 1. The van der Waals surface area contributed by atoms with Crippen molar-refractivity contribution in [3.63, 3.8) is 0 Å². The molecule has 2 rings (SSSR count). The van der Waals surface area contributed by atoms with E-state index in [0.717, 1.165) is 24.6 Å². The number of aliphatic imine (C=N–C) groups is 1. The summed E-state index contributed by atoms with van der Waals surface area (Å²) in [6, 6.07) is 8.25. The van der Waals surface area contributed by atoms with Crippen molar-refractivity contribution in [1.82, 2.24) is 4.57 Å². The van der Waals surface area contributed by atoms with Gasteiger partial charge in [0, 0.05) is 19.5 Å². The minimum Gasteiger partial charge on any atom is -0.494 e. The first-order valence-corrected chi connectivity index (χ1v) is 9.01. The minimum atomic E-state index is 0.805. The Labute approximate surface area is 146 Å².